The first-order chi connectivity index (χ1) is 22.5. The van der Waals surface area contributed by atoms with Crippen LogP contribution in [-0.4, -0.2) is 48.4 Å². The van der Waals surface area contributed by atoms with Crippen LogP contribution in [0.5, 0.6) is 0 Å². The van der Waals surface area contributed by atoms with E-state index >= 15 is 0 Å². The molecule has 2 aromatic carbocycles. The zero-order chi connectivity index (χ0) is 35.0. The van der Waals surface area contributed by atoms with Gasteiger partial charge >= 0.3 is 244 Å². The molecule has 3 heterocycles. The van der Waals surface area contributed by atoms with Crippen LogP contribution in [0.3, 0.4) is 0 Å². The summed E-state index contributed by atoms with van der Waals surface area (Å²) in [5.74, 6) is -0.148. The average Bonchev–Trinajstić information content (AvgIpc) is 3.05. The maximum absolute atomic E-state index is 14.0. The number of fused-ring (bicyclic) bond motifs is 1. The molecule has 2 aliphatic heterocycles. The molecule has 48 heavy (non-hydrogen) atoms. The molecule has 2 aliphatic rings. The van der Waals surface area contributed by atoms with Crippen molar-refractivity contribution in [2.75, 3.05) is 41.0 Å². The number of ether oxygens (including phenoxy) is 1. The molecule has 1 aromatic heterocycles. The number of hydrogen-bond acceptors (Lipinski definition) is 7. The van der Waals surface area contributed by atoms with Crippen molar-refractivity contribution in [1.82, 2.24) is 9.97 Å². The number of carbonyl (C=O) groups is 1. The summed E-state index contributed by atoms with van der Waals surface area (Å²) in [6, 6.07) is 2.11. The van der Waals surface area contributed by atoms with E-state index < -0.39 is 109 Å². The van der Waals surface area contributed by atoms with Gasteiger partial charge in [0.1, 0.15) is 0 Å². The van der Waals surface area contributed by atoms with Gasteiger partial charge in [-0.15, -0.1) is 0 Å². The van der Waals surface area contributed by atoms with Gasteiger partial charge in [-0.2, -0.15) is 26.3 Å². The van der Waals surface area contributed by atoms with Gasteiger partial charge in [-0.3, -0.25) is 0 Å². The second-order valence-electron chi connectivity index (χ2n) is 11.3. The SMILES string of the molecule is CCC1CC(N(Cc2cc(C(F)(F)F)cc(C(F)(F)F)c2)c2ncc(N3CCOCC3)cn2)c2cc(C(F)(F)F)ccc2N1C(=O)[O][RaH]. The summed E-state index contributed by atoms with van der Waals surface area (Å²) >= 11 is -0.749. The van der Waals surface area contributed by atoms with E-state index in [4.69, 9.17) is 5.28 Å². The third kappa shape index (κ3) is 7.97. The molecule has 0 radical (unpaired) electrons. The normalized spacial score (nSPS) is 18.8. The molecule has 1 fully saturated rings. The van der Waals surface area contributed by atoms with Gasteiger partial charge in [-0.25, -0.2) is 0 Å². The van der Waals surface area contributed by atoms with E-state index in [2.05, 4.69) is 9.97 Å². The Kier molecular flexibility index (Phi) is 10.8. The third-order valence-electron chi connectivity index (χ3n) is 8.31. The van der Waals surface area contributed by atoms with Gasteiger partial charge in [-0.1, -0.05) is 0 Å². The number of morpholine rings is 1. The van der Waals surface area contributed by atoms with Gasteiger partial charge in [-0.05, 0) is 0 Å². The van der Waals surface area contributed by atoms with Gasteiger partial charge in [0, 0.05) is 13.1 Å². The van der Waals surface area contributed by atoms with E-state index in [0.29, 0.717) is 50.5 Å². The number of carbonyl (C=O) groups excluding carboxylic acids is 1. The van der Waals surface area contributed by atoms with Crippen molar-refractivity contribution in [2.45, 2.75) is 56.9 Å². The van der Waals surface area contributed by atoms with Crippen LogP contribution in [-0.2, 0) is 30.4 Å². The van der Waals surface area contributed by atoms with Crippen LogP contribution in [0.4, 0.5) is 61.6 Å². The number of halogens is 9. The molecule has 5 rings (SSSR count). The van der Waals surface area contributed by atoms with Crippen LogP contribution < -0.4 is 14.7 Å². The van der Waals surface area contributed by atoms with Crippen molar-refractivity contribution >= 4 is 23.4 Å². The number of amides is 1. The van der Waals surface area contributed by atoms with Gasteiger partial charge < -0.3 is 4.74 Å². The molecule has 0 aliphatic carbocycles. The minimum atomic E-state index is -5.13. The molecular weight excluding hydrogens is 875 g/mol. The molecular formula is C30H28F9N5O3Ra. The fourth-order valence-electron chi connectivity index (χ4n) is 5.97. The first-order valence-corrected chi connectivity index (χ1v) is 18.1. The molecule has 18 heteroatoms. The second-order valence-corrected chi connectivity index (χ2v) is 13.0. The maximum atomic E-state index is 14.0. The molecule has 1 saturated heterocycles. The van der Waals surface area contributed by atoms with Crippen LogP contribution in [0.25, 0.3) is 0 Å². The predicted octanol–water partition coefficient (Wildman–Crippen LogP) is 7.44. The topological polar surface area (TPSA) is 71.0 Å². The average molecular weight is 904 g/mol. The summed E-state index contributed by atoms with van der Waals surface area (Å²) in [7, 11) is 0. The van der Waals surface area contributed by atoms with E-state index in [0.717, 1.165) is 18.2 Å². The van der Waals surface area contributed by atoms with E-state index in [-0.39, 0.29) is 29.7 Å². The Morgan fingerprint density at radius 1 is 0.917 bits per heavy atom. The molecule has 0 spiro atoms. The second kappa shape index (κ2) is 14.2. The number of aromatic nitrogens is 2. The zero-order valence-corrected chi connectivity index (χ0v) is 33.8. The molecule has 0 N–H and O–H groups in total. The van der Waals surface area contributed by atoms with Crippen LogP contribution in [0.1, 0.15) is 53.6 Å². The molecule has 2 unspecified atom stereocenters. The van der Waals surface area contributed by atoms with E-state index in [1.54, 1.807) is 6.92 Å². The first-order valence-electron chi connectivity index (χ1n) is 14.8. The molecule has 1 amide bonds. The summed E-state index contributed by atoms with van der Waals surface area (Å²) in [5.41, 5.74) is -3.98. The monoisotopic (exact) mass is 903 g/mol. The van der Waals surface area contributed by atoms with Crippen molar-refractivity contribution in [1.29, 1.82) is 0 Å². The fourth-order valence-corrected chi connectivity index (χ4v) is 6.78. The van der Waals surface area contributed by atoms with Crippen molar-refractivity contribution in [2.24, 2.45) is 0 Å². The summed E-state index contributed by atoms with van der Waals surface area (Å²) < 4.78 is 135. The number of benzene rings is 2. The first kappa shape index (κ1) is 36.5. The quantitative estimate of drug-likeness (QED) is 0.239. The Hall–Kier alpha value is -2.81. The van der Waals surface area contributed by atoms with Crippen molar-refractivity contribution < 1.29 is 93.0 Å². The molecule has 2 atom stereocenters. The summed E-state index contributed by atoms with van der Waals surface area (Å²) in [6.45, 7) is 2.99. The molecule has 0 bridgehead atoms. The number of anilines is 3. The summed E-state index contributed by atoms with van der Waals surface area (Å²) in [5, 5.41) is 0. The van der Waals surface area contributed by atoms with Crippen LogP contribution in [0, 0.1) is 43.4 Å². The Balaban J connectivity index is 1.69. The third-order valence-corrected chi connectivity index (χ3v) is 9.75. The minimum absolute atomic E-state index is 0.000185. The van der Waals surface area contributed by atoms with E-state index in [1.165, 1.54) is 22.2 Å². The Labute approximate surface area is 299 Å². The van der Waals surface area contributed by atoms with Crippen molar-refractivity contribution in [3.63, 3.8) is 0 Å². The van der Waals surface area contributed by atoms with Gasteiger partial charge in [0.15, 0.2) is 0 Å². The fraction of sp³-hybridized carbons (Fsp3) is 0.433. The Morgan fingerprint density at radius 3 is 2.02 bits per heavy atom. The van der Waals surface area contributed by atoms with Crippen LogP contribution >= 0.6 is 0 Å². The standard InChI is InChI=1S/C30H28F9N5O3.Ra.H/c1-2-21-13-25(23-12-18(28(31,32)33)3-4-24(23)44(21)27(45)46)43(26-40-14-22(15-41-26)42-5-7-47-8-6-42)16-17-9-19(29(34,35)36)11-20(10-17)30(37,38)39;;/h3-4,9-12,14-15,21,25H,2,5-8,13,16H2,1H3,(H,45,46);;/q;+1;/p-1. The van der Waals surface area contributed by atoms with E-state index in [1.807, 2.05) is 4.90 Å². The number of alkyl halides is 9. The van der Waals surface area contributed by atoms with Gasteiger partial charge in [0.05, 0.1) is 13.2 Å². The molecule has 256 valence electrons. The number of hydrogen-bond donors (Lipinski definition) is 0. The molecule has 8 nitrogen and oxygen atoms in total. The Morgan fingerprint density at radius 2 is 1.50 bits per heavy atom. The summed E-state index contributed by atoms with van der Waals surface area (Å²) in [4.78, 5) is 26.2. The molecule has 3 aromatic rings. The van der Waals surface area contributed by atoms with E-state index in [9.17, 15) is 44.3 Å². The van der Waals surface area contributed by atoms with Crippen LogP contribution in [0.2, 0.25) is 0 Å². The Bertz CT molecular complexity index is 1580. The van der Waals surface area contributed by atoms with Crippen molar-refractivity contribution in [3.05, 3.63) is 76.6 Å². The number of rotatable bonds is 6. The van der Waals surface area contributed by atoms with Gasteiger partial charge in [0.25, 0.3) is 0 Å². The van der Waals surface area contributed by atoms with Gasteiger partial charge in [0.2, 0.25) is 0 Å². The number of nitrogens with zero attached hydrogens (tertiary/aromatic N) is 5. The summed E-state index contributed by atoms with van der Waals surface area (Å²) in [6.07, 6.45) is -12.7. The predicted molar refractivity (Wildman–Crippen MR) is 151 cm³/mol. The zero-order valence-electron chi connectivity index (χ0n) is 25.6. The van der Waals surface area contributed by atoms with Crippen LogP contribution in [0.15, 0.2) is 48.8 Å². The van der Waals surface area contributed by atoms with Crippen molar-refractivity contribution in [3.8, 4) is 0 Å². The molecule has 0 saturated carbocycles.